The van der Waals surface area contributed by atoms with Crippen LogP contribution in [0.2, 0.25) is 0 Å². The Kier molecular flexibility index (Phi) is 5.81. The van der Waals surface area contributed by atoms with E-state index in [1.165, 1.54) is 12.0 Å². The molecule has 1 aromatic rings. The summed E-state index contributed by atoms with van der Waals surface area (Å²) in [7, 11) is 4.72. The third-order valence-corrected chi connectivity index (χ3v) is 3.03. The molecular formula is C11H17BrN4O3. The van der Waals surface area contributed by atoms with Crippen molar-refractivity contribution in [3.8, 4) is 0 Å². The molecule has 0 saturated carbocycles. The van der Waals surface area contributed by atoms with Crippen LogP contribution in [0, 0.1) is 0 Å². The van der Waals surface area contributed by atoms with Crippen molar-refractivity contribution in [2.75, 3.05) is 26.0 Å². The maximum atomic E-state index is 11.7. The monoisotopic (exact) mass is 332 g/mol. The number of methoxy groups -OCH3 is 1. The first-order chi connectivity index (χ1) is 8.93. The number of hydrogen-bond acceptors (Lipinski definition) is 4. The number of amides is 2. The van der Waals surface area contributed by atoms with E-state index in [-0.39, 0.29) is 5.91 Å². The van der Waals surface area contributed by atoms with Gasteiger partial charge in [-0.1, -0.05) is 0 Å². The summed E-state index contributed by atoms with van der Waals surface area (Å²) >= 11 is 3.25. The number of carbonyl (C=O) groups is 2. The van der Waals surface area contributed by atoms with Crippen LogP contribution in [0.4, 0.5) is 10.5 Å². The number of anilines is 1. The van der Waals surface area contributed by atoms with Crippen molar-refractivity contribution in [1.82, 2.24) is 14.7 Å². The molecular weight excluding hydrogens is 316 g/mol. The Morgan fingerprint density at radius 2 is 2.26 bits per heavy atom. The maximum Gasteiger partial charge on any atom is 0.409 e. The van der Waals surface area contributed by atoms with Crippen LogP contribution in [0.5, 0.6) is 0 Å². The van der Waals surface area contributed by atoms with Crippen LogP contribution in [0.25, 0.3) is 0 Å². The summed E-state index contributed by atoms with van der Waals surface area (Å²) < 4.78 is 6.75. The molecule has 0 radical (unpaired) electrons. The van der Waals surface area contributed by atoms with Gasteiger partial charge in [-0.3, -0.25) is 9.48 Å². The van der Waals surface area contributed by atoms with E-state index in [0.717, 1.165) is 0 Å². The molecule has 1 heterocycles. The molecule has 0 bridgehead atoms. The number of halogens is 1. The largest absolute Gasteiger partial charge is 0.453 e. The van der Waals surface area contributed by atoms with Crippen LogP contribution < -0.4 is 5.32 Å². The van der Waals surface area contributed by atoms with E-state index in [1.807, 2.05) is 0 Å². The zero-order valence-electron chi connectivity index (χ0n) is 11.1. The van der Waals surface area contributed by atoms with E-state index in [4.69, 9.17) is 0 Å². The lowest BCUT2D eigenvalue weighted by Crippen LogP contribution is -2.28. The lowest BCUT2D eigenvalue weighted by Gasteiger charge is -2.14. The number of carbonyl (C=O) groups excluding carboxylic acids is 2. The molecule has 2 amide bonds. The average Bonchev–Trinajstić information content (AvgIpc) is 2.66. The minimum atomic E-state index is -0.407. The van der Waals surface area contributed by atoms with Crippen molar-refractivity contribution >= 4 is 33.6 Å². The topological polar surface area (TPSA) is 76.5 Å². The van der Waals surface area contributed by atoms with Gasteiger partial charge in [0.05, 0.1) is 12.8 Å². The third kappa shape index (κ3) is 4.90. The van der Waals surface area contributed by atoms with Gasteiger partial charge >= 0.3 is 6.09 Å². The Hall–Kier alpha value is -1.57. The molecule has 1 rings (SSSR count). The number of nitrogens with one attached hydrogen (secondary N) is 1. The Morgan fingerprint density at radius 1 is 1.58 bits per heavy atom. The van der Waals surface area contributed by atoms with Crippen molar-refractivity contribution in [2.45, 2.75) is 12.8 Å². The normalized spacial score (nSPS) is 10.1. The molecule has 106 valence electrons. The van der Waals surface area contributed by atoms with Crippen molar-refractivity contribution in [2.24, 2.45) is 7.05 Å². The number of aromatic nitrogens is 2. The first kappa shape index (κ1) is 15.5. The number of rotatable bonds is 5. The second-order valence-corrected chi connectivity index (χ2v) is 4.80. The van der Waals surface area contributed by atoms with E-state index in [2.05, 4.69) is 31.1 Å². The molecule has 0 aromatic carbocycles. The number of nitrogens with zero attached hydrogens (tertiary/aromatic N) is 3. The fraction of sp³-hybridized carbons (Fsp3) is 0.545. The first-order valence-corrected chi connectivity index (χ1v) is 6.51. The standard InChI is InChI=1S/C11H17BrN4O3/c1-15(11(18)19-3)6-4-5-9(17)13-8-7-16(2)14-10(8)12/h7H,4-6H2,1-3H3,(H,13,17). The van der Waals surface area contributed by atoms with Gasteiger partial charge in [-0.15, -0.1) is 0 Å². The Bertz CT molecular complexity index is 461. The van der Waals surface area contributed by atoms with Gasteiger partial charge in [0.25, 0.3) is 0 Å². The minimum absolute atomic E-state index is 0.119. The molecule has 19 heavy (non-hydrogen) atoms. The Balaban J connectivity index is 2.33. The smallest absolute Gasteiger partial charge is 0.409 e. The molecule has 7 nitrogen and oxygen atoms in total. The summed E-state index contributed by atoms with van der Waals surface area (Å²) in [5, 5.41) is 6.80. The highest BCUT2D eigenvalue weighted by molar-refractivity contribution is 9.10. The summed E-state index contributed by atoms with van der Waals surface area (Å²) in [6.07, 6.45) is 2.19. The molecule has 0 aliphatic heterocycles. The van der Waals surface area contributed by atoms with Gasteiger partial charge < -0.3 is 15.0 Å². The predicted molar refractivity (Wildman–Crippen MR) is 73.8 cm³/mol. The molecule has 0 aliphatic rings. The molecule has 0 fully saturated rings. The lowest BCUT2D eigenvalue weighted by atomic mass is 10.3. The van der Waals surface area contributed by atoms with Crippen LogP contribution in [0.3, 0.4) is 0 Å². The zero-order valence-corrected chi connectivity index (χ0v) is 12.7. The second-order valence-electron chi connectivity index (χ2n) is 4.05. The Labute approximate surface area is 120 Å². The van der Waals surface area contributed by atoms with Crippen LogP contribution in [-0.4, -0.2) is 47.4 Å². The van der Waals surface area contributed by atoms with E-state index >= 15 is 0 Å². The minimum Gasteiger partial charge on any atom is -0.453 e. The quantitative estimate of drug-likeness (QED) is 0.888. The summed E-state index contributed by atoms with van der Waals surface area (Å²) in [6.45, 7) is 0.467. The molecule has 0 unspecified atom stereocenters. The first-order valence-electron chi connectivity index (χ1n) is 5.72. The van der Waals surface area contributed by atoms with Gasteiger partial charge in [-0.05, 0) is 22.4 Å². The maximum absolute atomic E-state index is 11.7. The Morgan fingerprint density at radius 3 is 2.79 bits per heavy atom. The van der Waals surface area contributed by atoms with Crippen molar-refractivity contribution in [1.29, 1.82) is 0 Å². The molecule has 8 heteroatoms. The van der Waals surface area contributed by atoms with Crippen molar-refractivity contribution in [3.05, 3.63) is 10.8 Å². The number of aryl methyl sites for hydroxylation is 1. The summed E-state index contributed by atoms with van der Waals surface area (Å²) in [6, 6.07) is 0. The predicted octanol–water partition coefficient (Wildman–Crippen LogP) is 1.60. The van der Waals surface area contributed by atoms with E-state index < -0.39 is 6.09 Å². The number of ether oxygens (including phenoxy) is 1. The fourth-order valence-electron chi connectivity index (χ4n) is 1.48. The van der Waals surface area contributed by atoms with Crippen LogP contribution >= 0.6 is 15.9 Å². The second kappa shape index (κ2) is 7.13. The highest BCUT2D eigenvalue weighted by atomic mass is 79.9. The van der Waals surface area contributed by atoms with E-state index in [1.54, 1.807) is 25.0 Å². The van der Waals surface area contributed by atoms with Gasteiger partial charge in [0.1, 0.15) is 0 Å². The highest BCUT2D eigenvalue weighted by Crippen LogP contribution is 2.19. The van der Waals surface area contributed by atoms with Gasteiger partial charge in [-0.25, -0.2) is 4.79 Å². The van der Waals surface area contributed by atoms with Crippen molar-refractivity contribution in [3.63, 3.8) is 0 Å². The SMILES string of the molecule is COC(=O)N(C)CCCC(=O)Nc1cn(C)nc1Br. The summed E-state index contributed by atoms with van der Waals surface area (Å²) in [4.78, 5) is 24.2. The van der Waals surface area contributed by atoms with Crippen LogP contribution in [-0.2, 0) is 16.6 Å². The fourth-order valence-corrected chi connectivity index (χ4v) is 1.93. The van der Waals surface area contributed by atoms with Crippen LogP contribution in [0.15, 0.2) is 10.8 Å². The van der Waals surface area contributed by atoms with E-state index in [0.29, 0.717) is 29.7 Å². The zero-order chi connectivity index (χ0) is 14.4. The molecule has 0 atom stereocenters. The van der Waals surface area contributed by atoms with Crippen LogP contribution in [0.1, 0.15) is 12.8 Å². The van der Waals surface area contributed by atoms with Gasteiger partial charge in [0, 0.05) is 33.3 Å². The van der Waals surface area contributed by atoms with Gasteiger partial charge in [0.15, 0.2) is 4.60 Å². The number of hydrogen-bond donors (Lipinski definition) is 1. The summed E-state index contributed by atoms with van der Waals surface area (Å²) in [5.74, 6) is -0.119. The highest BCUT2D eigenvalue weighted by Gasteiger charge is 2.11. The molecule has 0 saturated heterocycles. The molecule has 1 N–H and O–H groups in total. The molecule has 0 spiro atoms. The van der Waals surface area contributed by atoms with Gasteiger partial charge in [0.2, 0.25) is 5.91 Å². The third-order valence-electron chi connectivity index (χ3n) is 2.44. The molecule has 0 aliphatic carbocycles. The summed E-state index contributed by atoms with van der Waals surface area (Å²) in [5.41, 5.74) is 0.633. The van der Waals surface area contributed by atoms with Crippen molar-refractivity contribution < 1.29 is 14.3 Å². The lowest BCUT2D eigenvalue weighted by molar-refractivity contribution is -0.116. The van der Waals surface area contributed by atoms with E-state index in [9.17, 15) is 9.59 Å². The van der Waals surface area contributed by atoms with Gasteiger partial charge in [-0.2, -0.15) is 5.10 Å². The average molecular weight is 333 g/mol. The molecule has 1 aromatic heterocycles.